The van der Waals surface area contributed by atoms with Crippen molar-refractivity contribution in [1.29, 1.82) is 5.26 Å². The van der Waals surface area contributed by atoms with Crippen LogP contribution in [0.15, 0.2) is 22.7 Å². The zero-order chi connectivity index (χ0) is 14.0. The quantitative estimate of drug-likeness (QED) is 0.824. The Bertz CT molecular complexity index is 620. The molecule has 0 bridgehead atoms. The third-order valence-electron chi connectivity index (χ3n) is 3.06. The number of hydrogen-bond acceptors (Lipinski definition) is 5. The lowest BCUT2D eigenvalue weighted by Gasteiger charge is -2.16. The number of nitrogens with two attached hydrogens (primary N) is 1. The minimum Gasteiger partial charge on any atom is -0.399 e. The highest BCUT2D eigenvalue weighted by atomic mass is 16.5. The number of rotatable bonds is 3. The van der Waals surface area contributed by atoms with E-state index in [2.05, 4.69) is 16.5 Å². The highest BCUT2D eigenvalue weighted by Gasteiger charge is 2.17. The van der Waals surface area contributed by atoms with Crippen molar-refractivity contribution in [1.82, 2.24) is 5.16 Å². The van der Waals surface area contributed by atoms with Gasteiger partial charge in [-0.25, -0.2) is 0 Å². The molecule has 3 N–H and O–H groups in total. The lowest BCUT2D eigenvalue weighted by molar-refractivity contribution is 0.392. The first-order valence-corrected chi connectivity index (χ1v) is 6.02. The third kappa shape index (κ3) is 2.52. The van der Waals surface area contributed by atoms with Crippen molar-refractivity contribution in [2.75, 3.05) is 11.1 Å². The van der Waals surface area contributed by atoms with E-state index >= 15 is 0 Å². The van der Waals surface area contributed by atoms with Crippen LogP contribution < -0.4 is 11.1 Å². The zero-order valence-corrected chi connectivity index (χ0v) is 11.2. The Hall–Kier alpha value is -2.48. The molecule has 0 aliphatic rings. The first-order chi connectivity index (χ1) is 9.02. The molecular weight excluding hydrogens is 240 g/mol. The number of nitrogens with zero attached hydrogens (tertiary/aromatic N) is 2. The van der Waals surface area contributed by atoms with Crippen LogP contribution in [-0.4, -0.2) is 5.16 Å². The van der Waals surface area contributed by atoms with Gasteiger partial charge < -0.3 is 15.6 Å². The summed E-state index contributed by atoms with van der Waals surface area (Å²) in [7, 11) is 0. The van der Waals surface area contributed by atoms with Crippen molar-refractivity contribution in [2.45, 2.75) is 26.8 Å². The van der Waals surface area contributed by atoms with Gasteiger partial charge >= 0.3 is 0 Å². The molecule has 0 saturated heterocycles. The Morgan fingerprint density at radius 1 is 1.42 bits per heavy atom. The van der Waals surface area contributed by atoms with E-state index in [1.165, 1.54) is 0 Å². The molecule has 1 aromatic heterocycles. The van der Waals surface area contributed by atoms with E-state index in [0.29, 0.717) is 11.3 Å². The average Bonchev–Trinajstić information content (AvgIpc) is 2.71. The second-order valence-corrected chi connectivity index (χ2v) is 4.52. The second kappa shape index (κ2) is 5.02. The van der Waals surface area contributed by atoms with Crippen LogP contribution in [0.25, 0.3) is 0 Å². The predicted molar refractivity (Wildman–Crippen MR) is 73.6 cm³/mol. The predicted octanol–water partition coefficient (Wildman–Crippen LogP) is 2.92. The van der Waals surface area contributed by atoms with Gasteiger partial charge in [-0.1, -0.05) is 5.16 Å². The monoisotopic (exact) mass is 256 g/mol. The number of anilines is 2. The second-order valence-electron chi connectivity index (χ2n) is 4.52. The van der Waals surface area contributed by atoms with E-state index in [-0.39, 0.29) is 6.04 Å². The molecule has 0 fully saturated rings. The standard InChI is InChI=1S/C14H16N4O/c1-8(14-9(2)18-19-10(14)3)17-13-5-4-12(16)6-11(13)7-15/h4-6,8,17H,16H2,1-3H3. The minimum absolute atomic E-state index is 0.00183. The summed E-state index contributed by atoms with van der Waals surface area (Å²) < 4.78 is 5.15. The van der Waals surface area contributed by atoms with Gasteiger partial charge in [0.05, 0.1) is 23.0 Å². The molecule has 0 aliphatic carbocycles. The number of benzene rings is 1. The Balaban J connectivity index is 2.30. The molecule has 2 rings (SSSR count). The Labute approximate surface area is 112 Å². The van der Waals surface area contributed by atoms with Crippen molar-refractivity contribution in [2.24, 2.45) is 0 Å². The molecule has 19 heavy (non-hydrogen) atoms. The molecule has 0 amide bonds. The van der Waals surface area contributed by atoms with Crippen molar-refractivity contribution in [3.63, 3.8) is 0 Å². The number of nitriles is 1. The lowest BCUT2D eigenvalue weighted by Crippen LogP contribution is -2.09. The van der Waals surface area contributed by atoms with Crippen LogP contribution in [0.3, 0.4) is 0 Å². The molecule has 0 spiro atoms. The van der Waals surface area contributed by atoms with E-state index in [1.807, 2.05) is 26.8 Å². The van der Waals surface area contributed by atoms with Gasteiger partial charge in [-0.15, -0.1) is 0 Å². The van der Waals surface area contributed by atoms with E-state index in [0.717, 1.165) is 22.7 Å². The first kappa shape index (κ1) is 13.0. The summed E-state index contributed by atoms with van der Waals surface area (Å²) in [6.45, 7) is 5.78. The molecule has 0 aliphatic heterocycles. The molecule has 1 heterocycles. The van der Waals surface area contributed by atoms with Crippen LogP contribution in [0.5, 0.6) is 0 Å². The van der Waals surface area contributed by atoms with E-state index in [9.17, 15) is 0 Å². The molecular formula is C14H16N4O. The maximum absolute atomic E-state index is 9.12. The molecule has 1 atom stereocenters. The number of aromatic nitrogens is 1. The van der Waals surface area contributed by atoms with Gasteiger partial charge in [0, 0.05) is 11.3 Å². The van der Waals surface area contributed by atoms with Crippen LogP contribution in [-0.2, 0) is 0 Å². The highest BCUT2D eigenvalue weighted by Crippen LogP contribution is 2.27. The summed E-state index contributed by atoms with van der Waals surface area (Å²) in [5, 5.41) is 16.3. The van der Waals surface area contributed by atoms with Crippen molar-refractivity contribution < 1.29 is 4.52 Å². The van der Waals surface area contributed by atoms with Crippen LogP contribution >= 0.6 is 0 Å². The smallest absolute Gasteiger partial charge is 0.139 e. The summed E-state index contributed by atoms with van der Waals surface area (Å²) in [4.78, 5) is 0. The average molecular weight is 256 g/mol. The van der Waals surface area contributed by atoms with Crippen LogP contribution in [0, 0.1) is 25.2 Å². The molecule has 98 valence electrons. The molecule has 2 aromatic rings. The minimum atomic E-state index is 0.00183. The van der Waals surface area contributed by atoms with Gasteiger partial charge in [-0.05, 0) is 39.0 Å². The summed E-state index contributed by atoms with van der Waals surface area (Å²) in [5.41, 5.74) is 9.40. The third-order valence-corrected chi connectivity index (χ3v) is 3.06. The zero-order valence-electron chi connectivity index (χ0n) is 11.2. The number of nitrogen functional groups attached to an aromatic ring is 1. The Morgan fingerprint density at radius 2 is 2.16 bits per heavy atom. The van der Waals surface area contributed by atoms with Gasteiger partial charge in [0.25, 0.3) is 0 Å². The van der Waals surface area contributed by atoms with E-state index in [1.54, 1.807) is 12.1 Å². The first-order valence-electron chi connectivity index (χ1n) is 6.02. The maximum Gasteiger partial charge on any atom is 0.139 e. The molecule has 0 radical (unpaired) electrons. The molecule has 1 aromatic carbocycles. The number of aryl methyl sites for hydroxylation is 2. The van der Waals surface area contributed by atoms with Gasteiger partial charge in [0.15, 0.2) is 0 Å². The topological polar surface area (TPSA) is 87.9 Å². The molecule has 0 saturated carbocycles. The lowest BCUT2D eigenvalue weighted by atomic mass is 10.1. The van der Waals surface area contributed by atoms with Crippen LogP contribution in [0.4, 0.5) is 11.4 Å². The van der Waals surface area contributed by atoms with E-state index < -0.39 is 0 Å². The van der Waals surface area contributed by atoms with Gasteiger partial charge in [-0.2, -0.15) is 5.26 Å². The largest absolute Gasteiger partial charge is 0.399 e. The van der Waals surface area contributed by atoms with Crippen molar-refractivity contribution in [3.8, 4) is 6.07 Å². The Kier molecular flexibility index (Phi) is 3.43. The number of hydrogen-bond donors (Lipinski definition) is 2. The Morgan fingerprint density at radius 3 is 2.74 bits per heavy atom. The SMILES string of the molecule is Cc1noc(C)c1C(C)Nc1ccc(N)cc1C#N. The van der Waals surface area contributed by atoms with E-state index in [4.69, 9.17) is 15.5 Å². The summed E-state index contributed by atoms with van der Waals surface area (Å²) in [6.07, 6.45) is 0. The fraction of sp³-hybridized carbons (Fsp3) is 0.286. The fourth-order valence-corrected chi connectivity index (χ4v) is 2.19. The van der Waals surface area contributed by atoms with Crippen molar-refractivity contribution in [3.05, 3.63) is 40.8 Å². The van der Waals surface area contributed by atoms with Gasteiger partial charge in [0.2, 0.25) is 0 Å². The fourth-order valence-electron chi connectivity index (χ4n) is 2.19. The summed E-state index contributed by atoms with van der Waals surface area (Å²) >= 11 is 0. The summed E-state index contributed by atoms with van der Waals surface area (Å²) in [5.74, 6) is 0.784. The highest BCUT2D eigenvalue weighted by molar-refractivity contribution is 5.63. The summed E-state index contributed by atoms with van der Waals surface area (Å²) in [6, 6.07) is 7.37. The molecule has 5 heteroatoms. The number of nitrogens with one attached hydrogen (secondary N) is 1. The molecule has 1 unspecified atom stereocenters. The van der Waals surface area contributed by atoms with Crippen LogP contribution in [0.2, 0.25) is 0 Å². The maximum atomic E-state index is 9.12. The normalized spacial score (nSPS) is 11.9. The van der Waals surface area contributed by atoms with Crippen LogP contribution in [0.1, 0.15) is 35.5 Å². The van der Waals surface area contributed by atoms with Crippen molar-refractivity contribution >= 4 is 11.4 Å². The van der Waals surface area contributed by atoms with Gasteiger partial charge in [-0.3, -0.25) is 0 Å². The molecule has 5 nitrogen and oxygen atoms in total. The van der Waals surface area contributed by atoms with Gasteiger partial charge in [0.1, 0.15) is 11.8 Å².